The molecule has 0 spiro atoms. The van der Waals surface area contributed by atoms with E-state index in [-0.39, 0.29) is 5.41 Å². The maximum Gasteiger partial charge on any atom is 0.115 e. The smallest absolute Gasteiger partial charge is 0.115 e. The molecular weight excluding hydrogens is 384 g/mol. The minimum atomic E-state index is 0.0926. The summed E-state index contributed by atoms with van der Waals surface area (Å²) in [6, 6.07) is 17.3. The number of hydrogen-bond acceptors (Lipinski definition) is 4. The summed E-state index contributed by atoms with van der Waals surface area (Å²) in [5.41, 5.74) is 3.87. The Morgan fingerprint density at radius 3 is 2.68 bits per heavy atom. The molecule has 0 aliphatic carbocycles. The number of piperazine rings is 1. The predicted molar refractivity (Wildman–Crippen MR) is 123 cm³/mol. The van der Waals surface area contributed by atoms with Gasteiger partial charge in [0, 0.05) is 56.8 Å². The average Bonchev–Trinajstić information content (AvgIpc) is 3.30. The zero-order chi connectivity index (χ0) is 21.4. The van der Waals surface area contributed by atoms with E-state index >= 15 is 0 Å². The molecule has 5 heteroatoms. The maximum atomic E-state index is 10.0. The second kappa shape index (κ2) is 8.13. The first-order valence-corrected chi connectivity index (χ1v) is 11.3. The van der Waals surface area contributed by atoms with Crippen LogP contribution < -0.4 is 0 Å². The molecule has 0 bridgehead atoms. The van der Waals surface area contributed by atoms with E-state index in [1.807, 2.05) is 35.4 Å². The average molecular weight is 417 g/mol. The molecule has 5 rings (SSSR count). The molecule has 2 aromatic carbocycles. The number of benzene rings is 2. The molecule has 31 heavy (non-hydrogen) atoms. The topological polar surface area (TPSA) is 44.5 Å². The Hall–Kier alpha value is -2.63. The monoisotopic (exact) mass is 416 g/mol. The zero-order valence-electron chi connectivity index (χ0n) is 18.5. The van der Waals surface area contributed by atoms with Crippen LogP contribution in [0.1, 0.15) is 31.4 Å². The van der Waals surface area contributed by atoms with Gasteiger partial charge in [0.15, 0.2) is 0 Å². The number of aromatic hydroxyl groups is 1. The van der Waals surface area contributed by atoms with Gasteiger partial charge in [0.05, 0.1) is 6.33 Å². The SMILES string of the molecule is C[C@H]1CN2CCN(Cc3ccc(-n4ccnc4)cc3)C[C@H]2C[C@@]1(C)c1cccc(O)c1. The van der Waals surface area contributed by atoms with Crippen LogP contribution in [0.4, 0.5) is 0 Å². The summed E-state index contributed by atoms with van der Waals surface area (Å²) < 4.78 is 2.04. The Bertz CT molecular complexity index is 1020. The fourth-order valence-electron chi connectivity index (χ4n) is 5.49. The van der Waals surface area contributed by atoms with Gasteiger partial charge in [-0.15, -0.1) is 0 Å². The first-order chi connectivity index (χ1) is 15.0. The van der Waals surface area contributed by atoms with Crippen molar-refractivity contribution in [3.63, 3.8) is 0 Å². The fourth-order valence-corrected chi connectivity index (χ4v) is 5.49. The zero-order valence-corrected chi connectivity index (χ0v) is 18.5. The van der Waals surface area contributed by atoms with E-state index in [4.69, 9.17) is 0 Å². The lowest BCUT2D eigenvalue weighted by molar-refractivity contribution is -0.00557. The minimum absolute atomic E-state index is 0.0926. The number of imidazole rings is 1. The summed E-state index contributed by atoms with van der Waals surface area (Å²) in [4.78, 5) is 9.42. The normalized spacial score (nSPS) is 27.2. The number of hydrogen-bond donors (Lipinski definition) is 1. The lowest BCUT2D eigenvalue weighted by atomic mass is 9.65. The van der Waals surface area contributed by atoms with Gasteiger partial charge in [-0.3, -0.25) is 9.80 Å². The molecule has 3 heterocycles. The van der Waals surface area contributed by atoms with Crippen molar-refractivity contribution in [3.05, 3.63) is 78.4 Å². The standard InChI is InChI=1S/C26H32N4O/c1-20-16-29-13-12-28(17-21-6-8-23(9-7-21)30-11-10-27-19-30)18-24(29)15-26(20,2)22-4-3-5-25(31)14-22/h3-11,14,19-20,24,31H,12-13,15-18H2,1-2H3/t20-,24+,26+/m0/s1. The van der Waals surface area contributed by atoms with E-state index in [9.17, 15) is 5.11 Å². The van der Waals surface area contributed by atoms with E-state index in [0.29, 0.717) is 17.7 Å². The number of phenols is 1. The first kappa shape index (κ1) is 20.3. The summed E-state index contributed by atoms with van der Waals surface area (Å²) in [6.45, 7) is 10.2. The molecule has 2 aliphatic heterocycles. The van der Waals surface area contributed by atoms with Gasteiger partial charge in [0.1, 0.15) is 5.75 Å². The Kier molecular flexibility index (Phi) is 5.32. The lowest BCUT2D eigenvalue weighted by Gasteiger charge is -2.53. The highest BCUT2D eigenvalue weighted by molar-refractivity contribution is 5.35. The summed E-state index contributed by atoms with van der Waals surface area (Å²) in [5.74, 6) is 0.936. The predicted octanol–water partition coefficient (Wildman–Crippen LogP) is 4.06. The van der Waals surface area contributed by atoms with E-state index in [1.54, 1.807) is 6.07 Å². The van der Waals surface area contributed by atoms with Gasteiger partial charge in [0.2, 0.25) is 0 Å². The van der Waals surface area contributed by atoms with Gasteiger partial charge in [-0.05, 0) is 53.1 Å². The van der Waals surface area contributed by atoms with Crippen molar-refractivity contribution in [2.24, 2.45) is 5.92 Å². The Morgan fingerprint density at radius 2 is 1.94 bits per heavy atom. The third-order valence-electron chi connectivity index (χ3n) is 7.60. The molecule has 3 aromatic rings. The lowest BCUT2D eigenvalue weighted by Crippen LogP contribution is -2.60. The molecule has 5 nitrogen and oxygen atoms in total. The van der Waals surface area contributed by atoms with E-state index in [1.165, 1.54) is 11.1 Å². The Balaban J connectivity index is 1.28. The molecule has 3 atom stereocenters. The highest BCUT2D eigenvalue weighted by Crippen LogP contribution is 2.43. The van der Waals surface area contributed by atoms with Crippen LogP contribution in [-0.2, 0) is 12.0 Å². The number of fused-ring (bicyclic) bond motifs is 1. The number of rotatable bonds is 4. The number of aromatic nitrogens is 2. The minimum Gasteiger partial charge on any atom is -0.508 e. The third kappa shape index (κ3) is 4.00. The van der Waals surface area contributed by atoms with Gasteiger partial charge in [-0.1, -0.05) is 38.1 Å². The molecule has 0 radical (unpaired) electrons. The van der Waals surface area contributed by atoms with Crippen molar-refractivity contribution in [1.82, 2.24) is 19.4 Å². The largest absolute Gasteiger partial charge is 0.508 e. The molecule has 1 N–H and O–H groups in total. The van der Waals surface area contributed by atoms with Crippen LogP contribution in [0, 0.1) is 5.92 Å². The highest BCUT2D eigenvalue weighted by Gasteiger charge is 2.44. The van der Waals surface area contributed by atoms with E-state index in [0.717, 1.165) is 44.8 Å². The van der Waals surface area contributed by atoms with Crippen molar-refractivity contribution < 1.29 is 5.11 Å². The molecular formula is C26H32N4O. The summed E-state index contributed by atoms with van der Waals surface area (Å²) in [7, 11) is 0. The second-order valence-corrected chi connectivity index (χ2v) is 9.59. The van der Waals surface area contributed by atoms with Crippen LogP contribution in [0.5, 0.6) is 5.75 Å². The van der Waals surface area contributed by atoms with Crippen LogP contribution in [0.15, 0.2) is 67.3 Å². The van der Waals surface area contributed by atoms with Crippen molar-refractivity contribution in [3.8, 4) is 11.4 Å². The van der Waals surface area contributed by atoms with Crippen molar-refractivity contribution in [2.45, 2.75) is 38.3 Å². The quantitative estimate of drug-likeness (QED) is 0.697. The van der Waals surface area contributed by atoms with Crippen LogP contribution in [0.2, 0.25) is 0 Å². The molecule has 2 fully saturated rings. The highest BCUT2D eigenvalue weighted by atomic mass is 16.3. The number of piperidine rings is 1. The maximum absolute atomic E-state index is 10.0. The Labute approximate surface area is 185 Å². The van der Waals surface area contributed by atoms with Gasteiger partial charge in [-0.25, -0.2) is 4.98 Å². The third-order valence-corrected chi connectivity index (χ3v) is 7.60. The van der Waals surface area contributed by atoms with E-state index in [2.05, 4.69) is 59.0 Å². The van der Waals surface area contributed by atoms with Gasteiger partial charge >= 0.3 is 0 Å². The summed E-state index contributed by atoms with van der Waals surface area (Å²) >= 11 is 0. The summed E-state index contributed by atoms with van der Waals surface area (Å²) in [5, 5.41) is 10.0. The van der Waals surface area contributed by atoms with Crippen LogP contribution in [-0.4, -0.2) is 56.7 Å². The molecule has 2 saturated heterocycles. The van der Waals surface area contributed by atoms with Gasteiger partial charge < -0.3 is 9.67 Å². The number of nitrogens with zero attached hydrogens (tertiary/aromatic N) is 4. The molecule has 162 valence electrons. The molecule has 0 unspecified atom stereocenters. The Morgan fingerprint density at radius 1 is 1.10 bits per heavy atom. The summed E-state index contributed by atoms with van der Waals surface area (Å²) in [6.07, 6.45) is 6.75. The van der Waals surface area contributed by atoms with Crippen molar-refractivity contribution in [1.29, 1.82) is 0 Å². The fraction of sp³-hybridized carbons (Fsp3) is 0.423. The molecule has 2 aliphatic rings. The van der Waals surface area contributed by atoms with Crippen molar-refractivity contribution in [2.75, 3.05) is 26.2 Å². The van der Waals surface area contributed by atoms with Gasteiger partial charge in [0.25, 0.3) is 0 Å². The molecule has 0 amide bonds. The van der Waals surface area contributed by atoms with Gasteiger partial charge in [-0.2, -0.15) is 0 Å². The second-order valence-electron chi connectivity index (χ2n) is 9.59. The van der Waals surface area contributed by atoms with Crippen LogP contribution >= 0.6 is 0 Å². The number of phenolic OH excluding ortho intramolecular Hbond substituents is 1. The van der Waals surface area contributed by atoms with E-state index < -0.39 is 0 Å². The van der Waals surface area contributed by atoms with Crippen molar-refractivity contribution >= 4 is 0 Å². The first-order valence-electron chi connectivity index (χ1n) is 11.3. The van der Waals surface area contributed by atoms with Crippen LogP contribution in [0.25, 0.3) is 5.69 Å². The molecule has 1 aromatic heterocycles. The van der Waals surface area contributed by atoms with Crippen LogP contribution in [0.3, 0.4) is 0 Å². The molecule has 0 saturated carbocycles.